The second-order valence-electron chi connectivity index (χ2n) is 7.90. The Morgan fingerprint density at radius 3 is 2.50 bits per heavy atom. The lowest BCUT2D eigenvalue weighted by atomic mass is 10.1. The monoisotopic (exact) mass is 458 g/mol. The molecule has 172 valence electrons. The van der Waals surface area contributed by atoms with Gasteiger partial charge in [-0.3, -0.25) is 24.4 Å². The predicted molar refractivity (Wildman–Crippen MR) is 127 cm³/mol. The molecular formula is C24H22N6O4. The topological polar surface area (TPSA) is 136 Å². The smallest absolute Gasteiger partial charge is 0.312 e. The van der Waals surface area contributed by atoms with E-state index in [-0.39, 0.29) is 17.2 Å². The summed E-state index contributed by atoms with van der Waals surface area (Å²) in [7, 11) is 0. The van der Waals surface area contributed by atoms with Crippen molar-refractivity contribution >= 4 is 17.3 Å². The Morgan fingerprint density at radius 2 is 1.85 bits per heavy atom. The fourth-order valence-electron chi connectivity index (χ4n) is 3.70. The fourth-order valence-corrected chi connectivity index (χ4v) is 3.70. The van der Waals surface area contributed by atoms with Gasteiger partial charge in [0.1, 0.15) is 17.2 Å². The van der Waals surface area contributed by atoms with E-state index in [4.69, 9.17) is 0 Å². The van der Waals surface area contributed by atoms with Crippen LogP contribution >= 0.6 is 0 Å². The zero-order chi connectivity index (χ0) is 24.4. The van der Waals surface area contributed by atoms with Crippen LogP contribution in [0.15, 0.2) is 59.4 Å². The van der Waals surface area contributed by atoms with Gasteiger partial charge in [0.2, 0.25) is 0 Å². The van der Waals surface area contributed by atoms with Crippen molar-refractivity contribution in [2.75, 3.05) is 5.32 Å². The SMILES string of the molecule is Cc1cc(=O)[nH]c(-c2cccc(NC(=O)c3ccc(Cn4nc(C)c([N+](=O)[O-])c4C)cc3)c2)n1. The molecule has 0 saturated carbocycles. The van der Waals surface area contributed by atoms with Gasteiger partial charge in [0, 0.05) is 28.6 Å². The molecule has 0 aliphatic carbocycles. The third-order valence-electron chi connectivity index (χ3n) is 5.34. The second kappa shape index (κ2) is 9.10. The van der Waals surface area contributed by atoms with E-state index in [1.165, 1.54) is 6.07 Å². The Balaban J connectivity index is 1.48. The van der Waals surface area contributed by atoms with Gasteiger partial charge >= 0.3 is 5.69 Å². The molecule has 10 heteroatoms. The Kier molecular flexibility index (Phi) is 6.05. The highest BCUT2D eigenvalue weighted by molar-refractivity contribution is 6.04. The summed E-state index contributed by atoms with van der Waals surface area (Å²) in [6.07, 6.45) is 0. The van der Waals surface area contributed by atoms with Gasteiger partial charge in [-0.05, 0) is 50.6 Å². The van der Waals surface area contributed by atoms with Crippen molar-refractivity contribution in [2.24, 2.45) is 0 Å². The summed E-state index contributed by atoms with van der Waals surface area (Å²) in [6.45, 7) is 5.36. The van der Waals surface area contributed by atoms with Crippen molar-refractivity contribution in [1.29, 1.82) is 0 Å². The fraction of sp³-hybridized carbons (Fsp3) is 0.167. The number of nitrogens with zero attached hydrogens (tertiary/aromatic N) is 4. The summed E-state index contributed by atoms with van der Waals surface area (Å²) >= 11 is 0. The first-order chi connectivity index (χ1) is 16.2. The van der Waals surface area contributed by atoms with Gasteiger partial charge in [0.25, 0.3) is 11.5 Å². The van der Waals surface area contributed by atoms with Crippen LogP contribution < -0.4 is 10.9 Å². The van der Waals surface area contributed by atoms with Crippen LogP contribution in [0.25, 0.3) is 11.4 Å². The minimum absolute atomic E-state index is 0.0168. The molecule has 0 unspecified atom stereocenters. The van der Waals surface area contributed by atoms with Crippen molar-refractivity contribution in [3.8, 4) is 11.4 Å². The number of H-pyrrole nitrogens is 1. The number of aromatic nitrogens is 4. The van der Waals surface area contributed by atoms with Crippen LogP contribution in [0.2, 0.25) is 0 Å². The van der Waals surface area contributed by atoms with Gasteiger partial charge < -0.3 is 10.3 Å². The van der Waals surface area contributed by atoms with Gasteiger partial charge in [-0.1, -0.05) is 24.3 Å². The molecule has 0 atom stereocenters. The lowest BCUT2D eigenvalue weighted by Crippen LogP contribution is -2.12. The maximum absolute atomic E-state index is 12.7. The van der Waals surface area contributed by atoms with E-state index in [0.29, 0.717) is 46.3 Å². The molecule has 0 aliphatic heterocycles. The van der Waals surface area contributed by atoms with Gasteiger partial charge in [0.05, 0.1) is 11.5 Å². The van der Waals surface area contributed by atoms with Crippen LogP contribution in [0.3, 0.4) is 0 Å². The minimum atomic E-state index is -0.427. The van der Waals surface area contributed by atoms with Crippen molar-refractivity contribution in [1.82, 2.24) is 19.7 Å². The summed E-state index contributed by atoms with van der Waals surface area (Å²) in [5.74, 6) is 0.131. The molecular weight excluding hydrogens is 436 g/mol. The maximum Gasteiger partial charge on any atom is 0.312 e. The molecule has 4 rings (SSSR count). The molecule has 0 spiro atoms. The molecule has 10 nitrogen and oxygen atoms in total. The van der Waals surface area contributed by atoms with Crippen molar-refractivity contribution in [3.63, 3.8) is 0 Å². The summed E-state index contributed by atoms with van der Waals surface area (Å²) in [5.41, 5.74) is 3.76. The van der Waals surface area contributed by atoms with Crippen molar-refractivity contribution in [2.45, 2.75) is 27.3 Å². The molecule has 2 N–H and O–H groups in total. The zero-order valence-corrected chi connectivity index (χ0v) is 18.8. The first-order valence-electron chi connectivity index (χ1n) is 10.5. The van der Waals surface area contributed by atoms with E-state index in [9.17, 15) is 19.7 Å². The average Bonchev–Trinajstić information content (AvgIpc) is 3.06. The molecule has 0 bridgehead atoms. The number of hydrogen-bond donors (Lipinski definition) is 2. The van der Waals surface area contributed by atoms with Crippen LogP contribution in [-0.2, 0) is 6.54 Å². The van der Waals surface area contributed by atoms with E-state index < -0.39 is 4.92 Å². The molecule has 34 heavy (non-hydrogen) atoms. The molecule has 2 aromatic heterocycles. The Labute approximate surface area is 194 Å². The molecule has 0 fully saturated rings. The number of rotatable bonds is 6. The number of anilines is 1. The third kappa shape index (κ3) is 4.75. The molecule has 4 aromatic rings. The quantitative estimate of drug-likeness (QED) is 0.333. The number of aromatic amines is 1. The lowest BCUT2D eigenvalue weighted by molar-refractivity contribution is -0.386. The normalized spacial score (nSPS) is 10.8. The van der Waals surface area contributed by atoms with E-state index in [0.717, 1.165) is 5.56 Å². The van der Waals surface area contributed by atoms with Crippen molar-refractivity contribution in [3.05, 3.63) is 103 Å². The van der Waals surface area contributed by atoms with Crippen LogP contribution in [0, 0.1) is 30.9 Å². The largest absolute Gasteiger partial charge is 0.322 e. The summed E-state index contributed by atoms with van der Waals surface area (Å²) in [5, 5.41) is 18.3. The molecule has 1 amide bonds. The Hall–Kier alpha value is -4.60. The molecule has 2 aromatic carbocycles. The molecule has 0 radical (unpaired) electrons. The van der Waals surface area contributed by atoms with Crippen LogP contribution in [0.4, 0.5) is 11.4 Å². The first kappa shape index (κ1) is 22.6. The third-order valence-corrected chi connectivity index (χ3v) is 5.34. The minimum Gasteiger partial charge on any atom is -0.322 e. The van der Waals surface area contributed by atoms with Crippen LogP contribution in [0.5, 0.6) is 0 Å². The number of benzene rings is 2. The highest BCUT2D eigenvalue weighted by Gasteiger charge is 2.21. The van der Waals surface area contributed by atoms with E-state index in [1.54, 1.807) is 74.0 Å². The number of hydrogen-bond acceptors (Lipinski definition) is 6. The number of carbonyl (C=O) groups excluding carboxylic acids is 1. The number of amides is 1. The highest BCUT2D eigenvalue weighted by atomic mass is 16.6. The van der Waals surface area contributed by atoms with Crippen LogP contribution in [-0.4, -0.2) is 30.6 Å². The summed E-state index contributed by atoms with van der Waals surface area (Å²) in [6, 6.07) is 15.4. The first-order valence-corrected chi connectivity index (χ1v) is 10.5. The maximum atomic E-state index is 12.7. The van der Waals surface area contributed by atoms with Gasteiger partial charge in [-0.2, -0.15) is 5.10 Å². The van der Waals surface area contributed by atoms with Crippen molar-refractivity contribution < 1.29 is 9.72 Å². The highest BCUT2D eigenvalue weighted by Crippen LogP contribution is 2.23. The van der Waals surface area contributed by atoms with E-state index >= 15 is 0 Å². The van der Waals surface area contributed by atoms with E-state index in [1.807, 2.05) is 0 Å². The number of carbonyl (C=O) groups is 1. The van der Waals surface area contributed by atoms with Gasteiger partial charge in [-0.15, -0.1) is 0 Å². The van der Waals surface area contributed by atoms with Gasteiger partial charge in [-0.25, -0.2) is 4.98 Å². The number of nitro groups is 1. The van der Waals surface area contributed by atoms with E-state index in [2.05, 4.69) is 20.4 Å². The lowest BCUT2D eigenvalue weighted by Gasteiger charge is -2.09. The average molecular weight is 458 g/mol. The predicted octanol–water partition coefficient (Wildman–Crippen LogP) is 3.77. The standard InChI is InChI=1S/C24H22N6O4/c1-14-11-21(31)27-23(25-14)19-5-4-6-20(12-19)26-24(32)18-9-7-17(8-10-18)13-29-16(3)22(30(33)34)15(2)28-29/h4-12H,13H2,1-3H3,(H,26,32)(H,25,27,31). The van der Waals surface area contributed by atoms with Crippen LogP contribution in [0.1, 0.15) is 33.0 Å². The number of nitrogens with one attached hydrogen (secondary N) is 2. The summed E-state index contributed by atoms with van der Waals surface area (Å²) < 4.78 is 1.58. The Morgan fingerprint density at radius 1 is 1.12 bits per heavy atom. The molecule has 2 heterocycles. The zero-order valence-electron chi connectivity index (χ0n) is 18.8. The Bertz CT molecular complexity index is 1450. The second-order valence-corrected chi connectivity index (χ2v) is 7.90. The summed E-state index contributed by atoms with van der Waals surface area (Å²) in [4.78, 5) is 42.3. The number of aryl methyl sites for hydroxylation is 2. The van der Waals surface area contributed by atoms with Gasteiger partial charge in [0.15, 0.2) is 0 Å². The molecule has 0 aliphatic rings. The molecule has 0 saturated heterocycles.